The fourth-order valence-electron chi connectivity index (χ4n) is 4.37. The lowest BCUT2D eigenvalue weighted by Crippen LogP contribution is -2.28. The molecule has 1 unspecified atom stereocenters. The predicted octanol–water partition coefficient (Wildman–Crippen LogP) is 6.06. The van der Waals surface area contributed by atoms with Gasteiger partial charge in [0, 0.05) is 12.1 Å². The minimum atomic E-state index is -0.600. The zero-order chi connectivity index (χ0) is 23.5. The molecule has 0 N–H and O–H groups in total. The van der Waals surface area contributed by atoms with Crippen LogP contribution >= 0.6 is 0 Å². The Bertz CT molecular complexity index is 1400. The molecule has 0 aliphatic carbocycles. The highest BCUT2D eigenvalue weighted by atomic mass is 16.5. The van der Waals surface area contributed by atoms with Gasteiger partial charge < -0.3 is 23.4 Å². The van der Waals surface area contributed by atoms with E-state index in [1.807, 2.05) is 58.1 Å². The zero-order valence-electron chi connectivity index (χ0n) is 19.6. The molecule has 2 aliphatic rings. The number of rotatable bonds is 3. The third-order valence-corrected chi connectivity index (χ3v) is 5.86. The molecular weight excluding hydrogens is 420 g/mol. The molecule has 0 saturated heterocycles. The van der Waals surface area contributed by atoms with Crippen LogP contribution in [0.3, 0.4) is 0 Å². The van der Waals surface area contributed by atoms with E-state index in [4.69, 9.17) is 23.4 Å². The maximum absolute atomic E-state index is 14.0. The van der Waals surface area contributed by atoms with Gasteiger partial charge in [0.2, 0.25) is 5.43 Å². The molecule has 6 heteroatoms. The Kier molecular flexibility index (Phi) is 4.78. The summed E-state index contributed by atoms with van der Waals surface area (Å²) in [5.41, 5.74) is 2.62. The van der Waals surface area contributed by atoms with Crippen molar-refractivity contribution in [1.29, 1.82) is 0 Å². The number of hydrogen-bond donors (Lipinski definition) is 0. The number of benzene rings is 2. The number of fused-ring (bicyclic) bond motifs is 5. The highest BCUT2D eigenvalue weighted by Crippen LogP contribution is 2.47. The first-order valence-corrected chi connectivity index (χ1v) is 10.8. The first-order valence-electron chi connectivity index (χ1n) is 10.8. The van der Waals surface area contributed by atoms with Gasteiger partial charge in [0.25, 0.3) is 0 Å². The van der Waals surface area contributed by atoms with Crippen LogP contribution in [0.1, 0.15) is 44.9 Å². The van der Waals surface area contributed by atoms with Crippen molar-refractivity contribution < 1.29 is 23.4 Å². The maximum Gasteiger partial charge on any atom is 0.204 e. The molecular formula is C27H26O6. The predicted molar refractivity (Wildman–Crippen MR) is 128 cm³/mol. The minimum Gasteiger partial charge on any atom is -0.497 e. The zero-order valence-corrected chi connectivity index (χ0v) is 19.6. The molecule has 1 aromatic heterocycles. The molecule has 5 rings (SSSR count). The van der Waals surface area contributed by atoms with E-state index in [2.05, 4.69) is 0 Å². The molecule has 0 fully saturated rings. The molecule has 2 aliphatic heterocycles. The fraction of sp³-hybridized carbons (Fsp3) is 0.296. The van der Waals surface area contributed by atoms with Gasteiger partial charge in [-0.05, 0) is 58.1 Å². The summed E-state index contributed by atoms with van der Waals surface area (Å²) in [6.45, 7) is 7.87. The van der Waals surface area contributed by atoms with E-state index in [0.29, 0.717) is 50.9 Å². The van der Waals surface area contributed by atoms with Crippen LogP contribution in [0.25, 0.3) is 28.4 Å². The standard InChI is InChI=1S/C27H26O6/c1-14(2)11-20-23-24(28)22-21(13-19-17(25(22)30-6)9-10-27(3,4)33-19)32-26(23)16-8-7-15(29-5)12-18(16)31-20/h7-13,20H,1-6H3. The number of hydrogen-bond acceptors (Lipinski definition) is 6. The monoisotopic (exact) mass is 446 g/mol. The van der Waals surface area contributed by atoms with Gasteiger partial charge in [0.1, 0.15) is 51.4 Å². The summed E-state index contributed by atoms with van der Waals surface area (Å²) < 4.78 is 29.9. The van der Waals surface area contributed by atoms with Gasteiger partial charge in [-0.1, -0.05) is 5.57 Å². The Morgan fingerprint density at radius 3 is 2.58 bits per heavy atom. The summed E-state index contributed by atoms with van der Waals surface area (Å²) in [7, 11) is 3.15. The molecule has 2 aromatic carbocycles. The van der Waals surface area contributed by atoms with E-state index >= 15 is 0 Å². The summed E-state index contributed by atoms with van der Waals surface area (Å²) >= 11 is 0. The Labute approximate surface area is 192 Å². The lowest BCUT2D eigenvalue weighted by Gasteiger charge is -2.30. The van der Waals surface area contributed by atoms with Crippen LogP contribution in [-0.4, -0.2) is 19.8 Å². The van der Waals surface area contributed by atoms with Crippen molar-refractivity contribution in [3.05, 3.63) is 63.3 Å². The van der Waals surface area contributed by atoms with Crippen LogP contribution in [0.15, 0.2) is 51.2 Å². The molecule has 0 amide bonds. The third-order valence-electron chi connectivity index (χ3n) is 5.86. The molecule has 3 heterocycles. The average molecular weight is 446 g/mol. The maximum atomic E-state index is 14.0. The van der Waals surface area contributed by atoms with Crippen LogP contribution < -0.4 is 24.4 Å². The number of allylic oxidation sites excluding steroid dienone is 1. The van der Waals surface area contributed by atoms with E-state index < -0.39 is 11.7 Å². The summed E-state index contributed by atoms with van der Waals surface area (Å²) in [4.78, 5) is 14.0. The smallest absolute Gasteiger partial charge is 0.204 e. The highest BCUT2D eigenvalue weighted by Gasteiger charge is 2.34. The third kappa shape index (κ3) is 3.37. The van der Waals surface area contributed by atoms with Gasteiger partial charge in [0.15, 0.2) is 0 Å². The second-order valence-electron chi connectivity index (χ2n) is 9.05. The molecule has 0 radical (unpaired) electrons. The lowest BCUT2D eigenvalue weighted by molar-refractivity contribution is 0.158. The van der Waals surface area contributed by atoms with Gasteiger partial charge in [0.05, 0.1) is 30.9 Å². The van der Waals surface area contributed by atoms with Gasteiger partial charge in [-0.3, -0.25) is 4.79 Å². The fourth-order valence-corrected chi connectivity index (χ4v) is 4.37. The number of methoxy groups -OCH3 is 2. The quantitative estimate of drug-likeness (QED) is 0.456. The molecule has 33 heavy (non-hydrogen) atoms. The first-order chi connectivity index (χ1) is 15.7. The van der Waals surface area contributed by atoms with Crippen LogP contribution in [-0.2, 0) is 0 Å². The molecule has 1 atom stereocenters. The van der Waals surface area contributed by atoms with Crippen LogP contribution in [0.2, 0.25) is 0 Å². The van der Waals surface area contributed by atoms with Crippen molar-refractivity contribution in [2.75, 3.05) is 14.2 Å². The van der Waals surface area contributed by atoms with E-state index in [-0.39, 0.29) is 5.43 Å². The molecule has 0 spiro atoms. The van der Waals surface area contributed by atoms with Crippen molar-refractivity contribution >= 4 is 17.0 Å². The SMILES string of the molecule is COc1ccc2c(c1)OC(C=C(C)C)c1c-2oc2cc3c(c(OC)c2c1=O)C=CC(C)(C)O3. The molecule has 0 bridgehead atoms. The second kappa shape index (κ2) is 7.44. The topological polar surface area (TPSA) is 67.1 Å². The summed E-state index contributed by atoms with van der Waals surface area (Å²) in [5, 5.41) is 0.371. The van der Waals surface area contributed by atoms with Gasteiger partial charge >= 0.3 is 0 Å². The number of ether oxygens (including phenoxy) is 4. The molecule has 6 nitrogen and oxygen atoms in total. The largest absolute Gasteiger partial charge is 0.497 e. The van der Waals surface area contributed by atoms with Crippen molar-refractivity contribution in [2.24, 2.45) is 0 Å². The summed E-state index contributed by atoms with van der Waals surface area (Å²) in [5.74, 6) is 2.78. The lowest BCUT2D eigenvalue weighted by atomic mass is 9.94. The normalized spacial score (nSPS) is 17.2. The van der Waals surface area contributed by atoms with Crippen LogP contribution in [0.4, 0.5) is 0 Å². The van der Waals surface area contributed by atoms with Crippen molar-refractivity contribution in [3.63, 3.8) is 0 Å². The summed E-state index contributed by atoms with van der Waals surface area (Å²) in [6, 6.07) is 7.24. The highest BCUT2D eigenvalue weighted by molar-refractivity contribution is 5.93. The van der Waals surface area contributed by atoms with E-state index in [1.54, 1.807) is 26.4 Å². The van der Waals surface area contributed by atoms with E-state index in [1.165, 1.54) is 0 Å². The Morgan fingerprint density at radius 2 is 1.88 bits per heavy atom. The summed E-state index contributed by atoms with van der Waals surface area (Å²) in [6.07, 6.45) is 5.20. The van der Waals surface area contributed by atoms with Gasteiger partial charge in [-0.25, -0.2) is 0 Å². The Morgan fingerprint density at radius 1 is 1.09 bits per heavy atom. The van der Waals surface area contributed by atoms with E-state index in [9.17, 15) is 4.79 Å². The second-order valence-corrected chi connectivity index (χ2v) is 9.05. The molecule has 170 valence electrons. The molecule has 0 saturated carbocycles. The average Bonchev–Trinajstić information content (AvgIpc) is 2.76. The van der Waals surface area contributed by atoms with E-state index in [0.717, 1.165) is 11.1 Å². The minimum absolute atomic E-state index is 0.187. The van der Waals surface area contributed by atoms with Crippen molar-refractivity contribution in [1.82, 2.24) is 0 Å². The van der Waals surface area contributed by atoms with Crippen LogP contribution in [0, 0.1) is 0 Å². The van der Waals surface area contributed by atoms with Gasteiger partial charge in [-0.2, -0.15) is 0 Å². The van der Waals surface area contributed by atoms with Gasteiger partial charge in [-0.15, -0.1) is 0 Å². The van der Waals surface area contributed by atoms with Crippen molar-refractivity contribution in [2.45, 2.75) is 39.4 Å². The van der Waals surface area contributed by atoms with Crippen molar-refractivity contribution in [3.8, 4) is 34.3 Å². The van der Waals surface area contributed by atoms with Crippen LogP contribution in [0.5, 0.6) is 23.0 Å². The molecule has 3 aromatic rings. The Balaban J connectivity index is 1.87. The first kappa shape index (κ1) is 21.2. The Hall–Kier alpha value is -3.67.